The van der Waals surface area contributed by atoms with Crippen LogP contribution in [0.4, 0.5) is 0 Å². The first-order chi connectivity index (χ1) is 6.74. The zero-order chi connectivity index (χ0) is 10.4. The Balaban J connectivity index is 2.60. The Morgan fingerprint density at radius 2 is 2.00 bits per heavy atom. The van der Waals surface area contributed by atoms with Crippen LogP contribution in [0.25, 0.3) is 0 Å². The molecule has 1 aromatic rings. The molecule has 0 aliphatic rings. The largest absolute Gasteiger partial charge is 0.481 e. The van der Waals surface area contributed by atoms with Crippen LogP contribution >= 0.6 is 0 Å². The SMILES string of the molecule is NCC[C@@H](Cc1ccccc1)C(=O)O. The van der Waals surface area contributed by atoms with Gasteiger partial charge in [-0.25, -0.2) is 0 Å². The third-order valence-electron chi connectivity index (χ3n) is 2.19. The predicted octanol–water partition coefficient (Wildman–Crippen LogP) is 1.28. The van der Waals surface area contributed by atoms with E-state index in [-0.39, 0.29) is 5.92 Å². The molecule has 0 spiro atoms. The van der Waals surface area contributed by atoms with Crippen molar-refractivity contribution in [3.05, 3.63) is 35.9 Å². The Hall–Kier alpha value is -1.35. The van der Waals surface area contributed by atoms with E-state index in [0.717, 1.165) is 5.56 Å². The average Bonchev–Trinajstić information content (AvgIpc) is 2.18. The summed E-state index contributed by atoms with van der Waals surface area (Å²) < 4.78 is 0. The molecule has 0 saturated heterocycles. The van der Waals surface area contributed by atoms with Gasteiger partial charge in [0.2, 0.25) is 0 Å². The molecule has 0 aromatic heterocycles. The minimum atomic E-state index is -0.765. The highest BCUT2D eigenvalue weighted by atomic mass is 16.4. The molecule has 76 valence electrons. The van der Waals surface area contributed by atoms with Crippen LogP contribution in [0.5, 0.6) is 0 Å². The standard InChI is InChI=1S/C11H15NO2/c12-7-6-10(11(13)14)8-9-4-2-1-3-5-9/h1-5,10H,6-8,12H2,(H,13,14)/t10-/m0/s1. The van der Waals surface area contributed by atoms with Gasteiger partial charge in [0, 0.05) is 0 Å². The van der Waals surface area contributed by atoms with Crippen molar-refractivity contribution in [2.75, 3.05) is 6.54 Å². The summed E-state index contributed by atoms with van der Waals surface area (Å²) in [6, 6.07) is 9.62. The van der Waals surface area contributed by atoms with Crippen LogP contribution in [0.1, 0.15) is 12.0 Å². The third kappa shape index (κ3) is 3.18. The second-order valence-corrected chi connectivity index (χ2v) is 3.30. The van der Waals surface area contributed by atoms with Crippen LogP contribution in [0.3, 0.4) is 0 Å². The van der Waals surface area contributed by atoms with Crippen molar-refractivity contribution < 1.29 is 9.90 Å². The Morgan fingerprint density at radius 1 is 1.36 bits per heavy atom. The van der Waals surface area contributed by atoms with Crippen molar-refractivity contribution in [3.8, 4) is 0 Å². The molecule has 0 saturated carbocycles. The lowest BCUT2D eigenvalue weighted by molar-refractivity contribution is -0.141. The molecule has 14 heavy (non-hydrogen) atoms. The molecule has 0 radical (unpaired) electrons. The maximum atomic E-state index is 10.8. The third-order valence-corrected chi connectivity index (χ3v) is 2.19. The molecule has 1 atom stereocenters. The first kappa shape index (κ1) is 10.7. The van der Waals surface area contributed by atoms with Gasteiger partial charge in [0.15, 0.2) is 0 Å². The average molecular weight is 193 g/mol. The summed E-state index contributed by atoms with van der Waals surface area (Å²) in [5.74, 6) is -1.12. The van der Waals surface area contributed by atoms with Crippen molar-refractivity contribution in [3.63, 3.8) is 0 Å². The zero-order valence-electron chi connectivity index (χ0n) is 8.02. The molecule has 3 heteroatoms. The summed E-state index contributed by atoms with van der Waals surface area (Å²) in [6.07, 6.45) is 1.09. The lowest BCUT2D eigenvalue weighted by Gasteiger charge is -2.10. The number of benzene rings is 1. The second-order valence-electron chi connectivity index (χ2n) is 3.30. The van der Waals surface area contributed by atoms with Gasteiger partial charge in [0.25, 0.3) is 0 Å². The fraction of sp³-hybridized carbons (Fsp3) is 0.364. The van der Waals surface area contributed by atoms with Crippen LogP contribution < -0.4 is 5.73 Å². The molecule has 3 N–H and O–H groups in total. The Bertz CT molecular complexity index is 285. The first-order valence-electron chi connectivity index (χ1n) is 4.71. The molecule has 1 aromatic carbocycles. The molecule has 0 amide bonds. The highest BCUT2D eigenvalue weighted by Crippen LogP contribution is 2.11. The number of hydrogen-bond acceptors (Lipinski definition) is 2. The van der Waals surface area contributed by atoms with E-state index < -0.39 is 5.97 Å². The van der Waals surface area contributed by atoms with E-state index in [9.17, 15) is 4.79 Å². The van der Waals surface area contributed by atoms with Gasteiger partial charge in [-0.2, -0.15) is 0 Å². The highest BCUT2D eigenvalue weighted by Gasteiger charge is 2.16. The van der Waals surface area contributed by atoms with Gasteiger partial charge in [-0.15, -0.1) is 0 Å². The van der Waals surface area contributed by atoms with Crippen LogP contribution in [0.2, 0.25) is 0 Å². The summed E-state index contributed by atoms with van der Waals surface area (Å²) in [6.45, 7) is 0.420. The number of carboxylic acids is 1. The summed E-state index contributed by atoms with van der Waals surface area (Å²) in [5, 5.41) is 8.91. The quantitative estimate of drug-likeness (QED) is 0.740. The van der Waals surface area contributed by atoms with E-state index in [1.165, 1.54) is 0 Å². The van der Waals surface area contributed by atoms with Crippen molar-refractivity contribution in [2.24, 2.45) is 11.7 Å². The molecule has 0 bridgehead atoms. The number of carbonyl (C=O) groups is 1. The van der Waals surface area contributed by atoms with Crippen LogP contribution in [0.15, 0.2) is 30.3 Å². The van der Waals surface area contributed by atoms with E-state index in [4.69, 9.17) is 10.8 Å². The molecule has 0 unspecified atom stereocenters. The maximum Gasteiger partial charge on any atom is 0.306 e. The van der Waals surface area contributed by atoms with Gasteiger partial charge in [-0.05, 0) is 24.9 Å². The summed E-state index contributed by atoms with van der Waals surface area (Å²) in [7, 11) is 0. The van der Waals surface area contributed by atoms with E-state index >= 15 is 0 Å². The number of hydrogen-bond donors (Lipinski definition) is 2. The minimum Gasteiger partial charge on any atom is -0.481 e. The second kappa shape index (κ2) is 5.40. The Labute approximate surface area is 83.6 Å². The summed E-state index contributed by atoms with van der Waals surface area (Å²) in [5.41, 5.74) is 6.41. The molecule has 0 heterocycles. The lowest BCUT2D eigenvalue weighted by atomic mass is 9.96. The maximum absolute atomic E-state index is 10.8. The van der Waals surface area contributed by atoms with Gasteiger partial charge in [0.1, 0.15) is 0 Å². The minimum absolute atomic E-state index is 0.359. The van der Waals surface area contributed by atoms with E-state index in [1.807, 2.05) is 30.3 Å². The predicted molar refractivity (Wildman–Crippen MR) is 54.9 cm³/mol. The highest BCUT2D eigenvalue weighted by molar-refractivity contribution is 5.70. The van der Waals surface area contributed by atoms with Crippen molar-refractivity contribution in [1.29, 1.82) is 0 Å². The number of nitrogens with two attached hydrogens (primary N) is 1. The zero-order valence-corrected chi connectivity index (χ0v) is 8.02. The molecular weight excluding hydrogens is 178 g/mol. The monoisotopic (exact) mass is 193 g/mol. The van der Waals surface area contributed by atoms with Crippen LogP contribution in [0, 0.1) is 5.92 Å². The van der Waals surface area contributed by atoms with Gasteiger partial charge < -0.3 is 10.8 Å². The number of aliphatic carboxylic acids is 1. The van der Waals surface area contributed by atoms with E-state index in [0.29, 0.717) is 19.4 Å². The molecular formula is C11H15NO2. The fourth-order valence-electron chi connectivity index (χ4n) is 1.41. The molecule has 0 fully saturated rings. The molecule has 1 rings (SSSR count). The normalized spacial score (nSPS) is 12.4. The Morgan fingerprint density at radius 3 is 2.50 bits per heavy atom. The fourth-order valence-corrected chi connectivity index (χ4v) is 1.41. The van der Waals surface area contributed by atoms with Crippen LogP contribution in [-0.4, -0.2) is 17.6 Å². The van der Waals surface area contributed by atoms with Crippen molar-refractivity contribution in [1.82, 2.24) is 0 Å². The van der Waals surface area contributed by atoms with Gasteiger partial charge in [-0.1, -0.05) is 30.3 Å². The van der Waals surface area contributed by atoms with Gasteiger partial charge in [0.05, 0.1) is 5.92 Å². The lowest BCUT2D eigenvalue weighted by Crippen LogP contribution is -2.20. The molecule has 3 nitrogen and oxygen atoms in total. The summed E-state index contributed by atoms with van der Waals surface area (Å²) in [4.78, 5) is 10.8. The molecule has 0 aliphatic carbocycles. The van der Waals surface area contributed by atoms with Crippen molar-refractivity contribution >= 4 is 5.97 Å². The smallest absolute Gasteiger partial charge is 0.306 e. The Kier molecular flexibility index (Phi) is 4.13. The topological polar surface area (TPSA) is 63.3 Å². The van der Waals surface area contributed by atoms with Crippen molar-refractivity contribution in [2.45, 2.75) is 12.8 Å². The first-order valence-corrected chi connectivity index (χ1v) is 4.71. The van der Waals surface area contributed by atoms with Gasteiger partial charge in [-0.3, -0.25) is 4.79 Å². The van der Waals surface area contributed by atoms with E-state index in [1.54, 1.807) is 0 Å². The van der Waals surface area contributed by atoms with Gasteiger partial charge >= 0.3 is 5.97 Å². The number of carboxylic acid groups (broad SMARTS) is 1. The van der Waals surface area contributed by atoms with Crippen LogP contribution in [-0.2, 0) is 11.2 Å². The molecule has 0 aliphatic heterocycles. The van der Waals surface area contributed by atoms with E-state index in [2.05, 4.69) is 0 Å². The summed E-state index contributed by atoms with van der Waals surface area (Å²) >= 11 is 0. The number of rotatable bonds is 5.